The van der Waals surface area contributed by atoms with Crippen molar-refractivity contribution in [2.24, 2.45) is 0 Å². The first kappa shape index (κ1) is 16.7. The van der Waals surface area contributed by atoms with Crippen molar-refractivity contribution < 1.29 is 4.74 Å². The molecule has 0 aliphatic heterocycles. The molecule has 0 amide bonds. The average molecular weight is 368 g/mol. The first-order valence-corrected chi connectivity index (χ1v) is 9.31. The quantitative estimate of drug-likeness (QED) is 0.728. The van der Waals surface area contributed by atoms with E-state index in [1.165, 1.54) is 25.7 Å². The second-order valence-electron chi connectivity index (χ2n) is 5.44. The Morgan fingerprint density at radius 2 is 2.19 bits per heavy atom. The largest absolute Gasteiger partial charge is 0.481 e. The zero-order valence-electron chi connectivity index (χ0n) is 12.5. The van der Waals surface area contributed by atoms with E-state index in [9.17, 15) is 0 Å². The first-order chi connectivity index (χ1) is 10.2. The van der Waals surface area contributed by atoms with Gasteiger partial charge in [-0.1, -0.05) is 34.7 Å². The minimum atomic E-state index is 0.309. The third-order valence-corrected chi connectivity index (χ3v) is 5.96. The van der Waals surface area contributed by atoms with Gasteiger partial charge in [-0.3, -0.25) is 0 Å². The van der Waals surface area contributed by atoms with Crippen LogP contribution < -0.4 is 10.1 Å². The summed E-state index contributed by atoms with van der Waals surface area (Å²) in [7, 11) is 0. The second-order valence-corrected chi connectivity index (χ2v) is 7.63. The molecule has 1 fully saturated rings. The highest BCUT2D eigenvalue weighted by molar-refractivity contribution is 9.10. The molecular formula is C17H22BrNOS. The molecule has 1 N–H and O–H groups in total. The Bertz CT molecular complexity index is 506. The molecule has 1 aromatic carbocycles. The van der Waals surface area contributed by atoms with Crippen LogP contribution in [0.25, 0.3) is 0 Å². The Labute approximate surface area is 140 Å². The molecule has 0 atom stereocenters. The third-order valence-electron chi connectivity index (χ3n) is 4.04. The summed E-state index contributed by atoms with van der Waals surface area (Å²) in [4.78, 5) is 0. The van der Waals surface area contributed by atoms with Gasteiger partial charge >= 0.3 is 0 Å². The van der Waals surface area contributed by atoms with E-state index >= 15 is 0 Å². The van der Waals surface area contributed by atoms with Crippen LogP contribution in [0.4, 0.5) is 0 Å². The molecule has 1 aliphatic rings. The molecule has 0 radical (unpaired) electrons. The van der Waals surface area contributed by atoms with Gasteiger partial charge in [0.1, 0.15) is 12.4 Å². The van der Waals surface area contributed by atoms with Gasteiger partial charge in [0.2, 0.25) is 0 Å². The van der Waals surface area contributed by atoms with Crippen LogP contribution in [0.2, 0.25) is 0 Å². The van der Waals surface area contributed by atoms with Crippen molar-refractivity contribution in [2.45, 2.75) is 37.0 Å². The number of halogens is 1. The minimum Gasteiger partial charge on any atom is -0.481 e. The molecule has 1 saturated carbocycles. The fourth-order valence-corrected chi connectivity index (χ4v) is 4.20. The van der Waals surface area contributed by atoms with E-state index in [1.807, 2.05) is 23.9 Å². The molecule has 0 unspecified atom stereocenters. The highest BCUT2D eigenvalue weighted by atomic mass is 79.9. The Morgan fingerprint density at radius 1 is 1.43 bits per heavy atom. The van der Waals surface area contributed by atoms with E-state index in [2.05, 4.69) is 39.5 Å². The fraction of sp³-hybridized carbons (Fsp3) is 0.529. The summed E-state index contributed by atoms with van der Waals surface area (Å²) in [5, 5.41) is 3.61. The second kappa shape index (κ2) is 8.12. The van der Waals surface area contributed by atoms with Crippen molar-refractivity contribution in [3.05, 3.63) is 28.2 Å². The van der Waals surface area contributed by atoms with Gasteiger partial charge in [0, 0.05) is 27.9 Å². The van der Waals surface area contributed by atoms with Gasteiger partial charge in [-0.05, 0) is 37.3 Å². The maximum absolute atomic E-state index is 5.61. The lowest BCUT2D eigenvalue weighted by Gasteiger charge is -2.27. The lowest BCUT2D eigenvalue weighted by atomic mass is 10.1. The van der Waals surface area contributed by atoms with Crippen LogP contribution in [0.1, 0.15) is 31.2 Å². The lowest BCUT2D eigenvalue weighted by molar-refractivity contribution is 0.364. The summed E-state index contributed by atoms with van der Waals surface area (Å²) in [5.74, 6) is 3.39. The number of thioether (sulfide) groups is 1. The first-order valence-electron chi connectivity index (χ1n) is 7.30. The maximum Gasteiger partial charge on any atom is 0.148 e. The summed E-state index contributed by atoms with van der Waals surface area (Å²) < 4.78 is 7.10. The zero-order valence-corrected chi connectivity index (χ0v) is 14.9. The molecule has 114 valence electrons. The molecule has 4 heteroatoms. The highest BCUT2D eigenvalue weighted by Gasteiger charge is 2.32. The maximum atomic E-state index is 5.61. The van der Waals surface area contributed by atoms with E-state index in [4.69, 9.17) is 11.2 Å². The number of terminal acetylenes is 1. The average Bonchev–Trinajstić information content (AvgIpc) is 2.96. The lowest BCUT2D eigenvalue weighted by Crippen LogP contribution is -2.34. The van der Waals surface area contributed by atoms with Crippen LogP contribution in [0.5, 0.6) is 5.75 Å². The van der Waals surface area contributed by atoms with Gasteiger partial charge in [-0.25, -0.2) is 0 Å². The van der Waals surface area contributed by atoms with Gasteiger partial charge in [0.05, 0.1) is 0 Å². The zero-order chi connectivity index (χ0) is 15.1. The molecule has 0 bridgehead atoms. The molecule has 0 aromatic heterocycles. The molecule has 2 rings (SSSR count). The smallest absolute Gasteiger partial charge is 0.148 e. The summed E-state index contributed by atoms with van der Waals surface area (Å²) in [5.41, 5.74) is 1.15. The van der Waals surface area contributed by atoms with Gasteiger partial charge < -0.3 is 10.1 Å². The van der Waals surface area contributed by atoms with Crippen molar-refractivity contribution in [1.82, 2.24) is 5.32 Å². The van der Waals surface area contributed by atoms with Gasteiger partial charge in [0.25, 0.3) is 0 Å². The summed E-state index contributed by atoms with van der Waals surface area (Å²) in [6.45, 7) is 2.17. The molecular weight excluding hydrogens is 346 g/mol. The van der Waals surface area contributed by atoms with Crippen LogP contribution in [0, 0.1) is 12.3 Å². The van der Waals surface area contributed by atoms with Gasteiger partial charge in [0.15, 0.2) is 0 Å². The van der Waals surface area contributed by atoms with Crippen LogP contribution >= 0.6 is 27.7 Å². The van der Waals surface area contributed by atoms with Crippen molar-refractivity contribution in [3.8, 4) is 18.1 Å². The SMILES string of the molecule is C#CCOc1ccc(Br)cc1CNCC1(SC)CCCC1. The van der Waals surface area contributed by atoms with Crippen molar-refractivity contribution >= 4 is 27.7 Å². The van der Waals surface area contributed by atoms with Gasteiger partial charge in [-0.15, -0.1) is 6.42 Å². The van der Waals surface area contributed by atoms with E-state index in [-0.39, 0.29) is 0 Å². The number of hydrogen-bond donors (Lipinski definition) is 1. The van der Waals surface area contributed by atoms with E-state index in [0.717, 1.165) is 28.9 Å². The van der Waals surface area contributed by atoms with Crippen LogP contribution in [-0.2, 0) is 6.54 Å². The molecule has 1 aliphatic carbocycles. The summed E-state index contributed by atoms with van der Waals surface area (Å²) in [6.07, 6.45) is 12.9. The highest BCUT2D eigenvalue weighted by Crippen LogP contribution is 2.39. The number of rotatable bonds is 7. The molecule has 21 heavy (non-hydrogen) atoms. The van der Waals surface area contributed by atoms with E-state index in [1.54, 1.807) is 0 Å². The number of benzene rings is 1. The van der Waals surface area contributed by atoms with E-state index < -0.39 is 0 Å². The van der Waals surface area contributed by atoms with Crippen LogP contribution in [0.3, 0.4) is 0 Å². The third kappa shape index (κ3) is 4.67. The molecule has 1 aromatic rings. The van der Waals surface area contributed by atoms with Crippen LogP contribution in [0.15, 0.2) is 22.7 Å². The minimum absolute atomic E-state index is 0.309. The number of hydrogen-bond acceptors (Lipinski definition) is 3. The van der Waals surface area contributed by atoms with E-state index in [0.29, 0.717) is 11.4 Å². The van der Waals surface area contributed by atoms with Crippen molar-refractivity contribution in [3.63, 3.8) is 0 Å². The molecule has 0 spiro atoms. The summed E-state index contributed by atoms with van der Waals surface area (Å²) in [6, 6.07) is 6.05. The monoisotopic (exact) mass is 367 g/mol. The molecule has 0 heterocycles. The Hall–Kier alpha value is -0.630. The topological polar surface area (TPSA) is 21.3 Å². The summed E-state index contributed by atoms with van der Waals surface area (Å²) >= 11 is 5.53. The van der Waals surface area contributed by atoms with Crippen molar-refractivity contribution in [2.75, 3.05) is 19.4 Å². The Balaban J connectivity index is 1.95. The number of ether oxygens (including phenoxy) is 1. The molecule has 2 nitrogen and oxygen atoms in total. The Morgan fingerprint density at radius 3 is 2.86 bits per heavy atom. The Kier molecular flexibility index (Phi) is 6.47. The van der Waals surface area contributed by atoms with Gasteiger partial charge in [-0.2, -0.15) is 11.8 Å². The molecule has 0 saturated heterocycles. The van der Waals surface area contributed by atoms with Crippen LogP contribution in [-0.4, -0.2) is 24.2 Å². The predicted molar refractivity (Wildman–Crippen MR) is 94.9 cm³/mol. The number of nitrogens with one attached hydrogen (secondary N) is 1. The standard InChI is InChI=1S/C17H22BrNOS/c1-3-10-20-16-7-6-15(18)11-14(16)12-19-13-17(21-2)8-4-5-9-17/h1,6-7,11,19H,4-5,8-10,12-13H2,2H3. The normalized spacial score (nSPS) is 16.6. The predicted octanol–water partition coefficient (Wildman–Crippen LogP) is 4.23. The van der Waals surface area contributed by atoms with Crippen molar-refractivity contribution in [1.29, 1.82) is 0 Å². The fourth-order valence-electron chi connectivity index (χ4n) is 2.84.